The minimum Gasteiger partial charge on any atom is -0.325 e. The zero-order valence-electron chi connectivity index (χ0n) is 16.1. The highest BCUT2D eigenvalue weighted by Gasteiger charge is 2.33. The molecule has 0 aliphatic carbocycles. The van der Waals surface area contributed by atoms with Crippen LogP contribution in [-0.4, -0.2) is 31.0 Å². The lowest BCUT2D eigenvalue weighted by Gasteiger charge is -2.13. The van der Waals surface area contributed by atoms with E-state index in [1.165, 1.54) is 22.8 Å². The van der Waals surface area contributed by atoms with Crippen molar-refractivity contribution in [2.24, 2.45) is 7.05 Å². The molecule has 0 aliphatic heterocycles. The summed E-state index contributed by atoms with van der Waals surface area (Å²) in [5.41, 5.74) is -1.09. The van der Waals surface area contributed by atoms with Crippen LogP contribution in [0.1, 0.15) is 12.5 Å². The number of hydrogen-bond donors (Lipinski definition) is 1. The molecule has 0 saturated heterocycles. The van der Waals surface area contributed by atoms with Gasteiger partial charge in [0.1, 0.15) is 0 Å². The Hall–Kier alpha value is -3.08. The Balaban J connectivity index is 1.76. The number of thioether (sulfide) groups is 1. The molecule has 0 bridgehead atoms. The molecular weight excluding hydrogens is 419 g/mol. The molecule has 3 rings (SSSR count). The van der Waals surface area contributed by atoms with Gasteiger partial charge in [-0.05, 0) is 31.2 Å². The number of carbonyl (C=O) groups excluding carboxylic acids is 1. The standard InChI is InChI=1S/C19H18F3N5O2S/c1-3-27-16(12-7-6-10-26(2)17(12)29)24-25-18(27)30-11-15(28)23-14-9-5-4-8-13(14)19(20,21)22/h4-10H,3,11H2,1-2H3,(H,23,28). The van der Waals surface area contributed by atoms with Crippen LogP contribution < -0.4 is 10.9 Å². The number of aryl methyl sites for hydroxylation is 1. The minimum absolute atomic E-state index is 0.170. The summed E-state index contributed by atoms with van der Waals surface area (Å²) in [5, 5.41) is 10.8. The monoisotopic (exact) mass is 437 g/mol. The number of hydrogen-bond acceptors (Lipinski definition) is 5. The molecule has 2 aromatic heterocycles. The molecule has 3 aromatic rings. The van der Waals surface area contributed by atoms with E-state index in [1.54, 1.807) is 29.9 Å². The number of para-hydroxylation sites is 1. The van der Waals surface area contributed by atoms with Gasteiger partial charge in [0.25, 0.3) is 5.56 Å². The lowest BCUT2D eigenvalue weighted by atomic mass is 10.1. The van der Waals surface area contributed by atoms with Gasteiger partial charge < -0.3 is 14.5 Å². The number of pyridine rings is 1. The van der Waals surface area contributed by atoms with Gasteiger partial charge in [-0.15, -0.1) is 10.2 Å². The molecule has 0 unspecified atom stereocenters. The van der Waals surface area contributed by atoms with Crippen molar-refractivity contribution >= 4 is 23.4 Å². The average Bonchev–Trinajstić information content (AvgIpc) is 3.10. The predicted octanol–water partition coefficient (Wildman–Crippen LogP) is 3.41. The van der Waals surface area contributed by atoms with Gasteiger partial charge in [0, 0.05) is 19.8 Å². The summed E-state index contributed by atoms with van der Waals surface area (Å²) in [6.07, 6.45) is -2.95. The average molecular weight is 437 g/mol. The van der Waals surface area contributed by atoms with E-state index in [0.29, 0.717) is 23.1 Å². The summed E-state index contributed by atoms with van der Waals surface area (Å²) in [6.45, 7) is 2.28. The Bertz CT molecular complexity index is 1120. The molecule has 0 fully saturated rings. The summed E-state index contributed by atoms with van der Waals surface area (Å²) in [7, 11) is 1.62. The molecule has 0 saturated carbocycles. The van der Waals surface area contributed by atoms with E-state index in [4.69, 9.17) is 0 Å². The number of nitrogens with one attached hydrogen (secondary N) is 1. The van der Waals surface area contributed by atoms with Crippen LogP contribution in [0.4, 0.5) is 18.9 Å². The van der Waals surface area contributed by atoms with Crippen LogP contribution in [0.25, 0.3) is 11.4 Å². The van der Waals surface area contributed by atoms with Crippen LogP contribution in [0, 0.1) is 0 Å². The van der Waals surface area contributed by atoms with Gasteiger partial charge in [0.2, 0.25) is 5.91 Å². The van der Waals surface area contributed by atoms with Gasteiger partial charge in [-0.25, -0.2) is 0 Å². The van der Waals surface area contributed by atoms with E-state index in [2.05, 4.69) is 15.5 Å². The highest BCUT2D eigenvalue weighted by molar-refractivity contribution is 7.99. The lowest BCUT2D eigenvalue weighted by Crippen LogP contribution is -2.19. The molecule has 1 N–H and O–H groups in total. The first kappa shape index (κ1) is 21.6. The van der Waals surface area contributed by atoms with Crippen molar-refractivity contribution in [3.8, 4) is 11.4 Å². The summed E-state index contributed by atoms with van der Waals surface area (Å²) >= 11 is 1.03. The number of halogens is 3. The molecule has 1 aromatic carbocycles. The summed E-state index contributed by atoms with van der Waals surface area (Å²) < 4.78 is 42.3. The molecule has 11 heteroatoms. The van der Waals surface area contributed by atoms with E-state index in [1.807, 2.05) is 6.92 Å². The number of benzene rings is 1. The van der Waals surface area contributed by atoms with E-state index in [9.17, 15) is 22.8 Å². The Labute approximate surface area is 173 Å². The van der Waals surface area contributed by atoms with Gasteiger partial charge >= 0.3 is 6.18 Å². The zero-order valence-corrected chi connectivity index (χ0v) is 16.9. The largest absolute Gasteiger partial charge is 0.418 e. The smallest absolute Gasteiger partial charge is 0.325 e. The molecule has 158 valence electrons. The van der Waals surface area contributed by atoms with E-state index < -0.39 is 17.6 Å². The fourth-order valence-corrected chi connectivity index (χ4v) is 3.61. The van der Waals surface area contributed by atoms with E-state index in [0.717, 1.165) is 17.8 Å². The molecule has 30 heavy (non-hydrogen) atoms. The number of anilines is 1. The number of aromatic nitrogens is 4. The van der Waals surface area contributed by atoms with E-state index in [-0.39, 0.29) is 17.0 Å². The highest BCUT2D eigenvalue weighted by Crippen LogP contribution is 2.34. The zero-order chi connectivity index (χ0) is 21.9. The van der Waals surface area contributed by atoms with Gasteiger partial charge in [0.05, 0.1) is 22.6 Å². The number of alkyl halides is 3. The van der Waals surface area contributed by atoms with Crippen molar-refractivity contribution in [1.29, 1.82) is 0 Å². The highest BCUT2D eigenvalue weighted by atomic mass is 32.2. The Morgan fingerprint density at radius 3 is 2.60 bits per heavy atom. The number of amides is 1. The molecule has 0 atom stereocenters. The van der Waals surface area contributed by atoms with Crippen LogP contribution in [0.2, 0.25) is 0 Å². The normalized spacial score (nSPS) is 11.5. The van der Waals surface area contributed by atoms with Gasteiger partial charge in [-0.2, -0.15) is 13.2 Å². The van der Waals surface area contributed by atoms with Gasteiger partial charge in [-0.3, -0.25) is 9.59 Å². The third-order valence-electron chi connectivity index (χ3n) is 4.24. The van der Waals surface area contributed by atoms with Crippen LogP contribution in [0.5, 0.6) is 0 Å². The first-order valence-electron chi connectivity index (χ1n) is 8.90. The lowest BCUT2D eigenvalue weighted by molar-refractivity contribution is -0.137. The van der Waals surface area contributed by atoms with Crippen LogP contribution in [0.15, 0.2) is 52.5 Å². The molecule has 7 nitrogen and oxygen atoms in total. The Morgan fingerprint density at radius 2 is 1.90 bits per heavy atom. The third kappa shape index (κ3) is 4.56. The van der Waals surface area contributed by atoms with Gasteiger partial charge in [-0.1, -0.05) is 23.9 Å². The fraction of sp³-hybridized carbons (Fsp3) is 0.263. The topological polar surface area (TPSA) is 81.8 Å². The third-order valence-corrected chi connectivity index (χ3v) is 5.20. The van der Waals surface area contributed by atoms with E-state index >= 15 is 0 Å². The van der Waals surface area contributed by atoms with Crippen molar-refractivity contribution in [2.75, 3.05) is 11.1 Å². The van der Waals surface area contributed by atoms with Gasteiger partial charge in [0.15, 0.2) is 11.0 Å². The van der Waals surface area contributed by atoms with Crippen molar-refractivity contribution < 1.29 is 18.0 Å². The number of rotatable bonds is 6. The second-order valence-corrected chi connectivity index (χ2v) is 7.21. The molecular formula is C19H18F3N5O2S. The Morgan fingerprint density at radius 1 is 1.17 bits per heavy atom. The second kappa shape index (κ2) is 8.74. The molecule has 0 aliphatic rings. The van der Waals surface area contributed by atoms with Crippen molar-refractivity contribution in [1.82, 2.24) is 19.3 Å². The van der Waals surface area contributed by atoms with Crippen LogP contribution in [0.3, 0.4) is 0 Å². The maximum absolute atomic E-state index is 13.1. The molecule has 1 amide bonds. The Kier molecular flexibility index (Phi) is 6.30. The molecule has 0 spiro atoms. The maximum atomic E-state index is 13.1. The number of nitrogens with zero attached hydrogens (tertiary/aromatic N) is 4. The summed E-state index contributed by atoms with van der Waals surface area (Å²) in [4.78, 5) is 24.6. The van der Waals surface area contributed by atoms with Crippen molar-refractivity contribution in [2.45, 2.75) is 24.8 Å². The van der Waals surface area contributed by atoms with Crippen LogP contribution >= 0.6 is 11.8 Å². The number of carbonyl (C=O) groups is 1. The second-order valence-electron chi connectivity index (χ2n) is 6.27. The summed E-state index contributed by atoms with van der Waals surface area (Å²) in [6, 6.07) is 8.12. The minimum atomic E-state index is -4.57. The van der Waals surface area contributed by atoms with Crippen molar-refractivity contribution in [3.63, 3.8) is 0 Å². The SMILES string of the molecule is CCn1c(SCC(=O)Nc2ccccc2C(F)(F)F)nnc1-c1cccn(C)c1=O. The predicted molar refractivity (Wildman–Crippen MR) is 107 cm³/mol. The molecule has 0 radical (unpaired) electrons. The first-order valence-corrected chi connectivity index (χ1v) is 9.89. The van der Waals surface area contributed by atoms with Crippen molar-refractivity contribution in [3.05, 3.63) is 58.5 Å². The fourth-order valence-electron chi connectivity index (χ4n) is 2.80. The maximum Gasteiger partial charge on any atom is 0.418 e. The molecule has 2 heterocycles. The quantitative estimate of drug-likeness (QED) is 0.598. The van der Waals surface area contributed by atoms with Crippen LogP contribution in [-0.2, 0) is 24.6 Å². The summed E-state index contributed by atoms with van der Waals surface area (Å²) in [5.74, 6) is -0.416. The first-order chi connectivity index (χ1) is 14.2.